The van der Waals surface area contributed by atoms with Gasteiger partial charge < -0.3 is 9.84 Å². The van der Waals surface area contributed by atoms with Gasteiger partial charge >= 0.3 is 5.91 Å². The fraction of sp³-hybridized carbons (Fsp3) is 0.120. The van der Waals surface area contributed by atoms with E-state index in [2.05, 4.69) is 10.2 Å². The van der Waals surface area contributed by atoms with Crippen LogP contribution in [0.3, 0.4) is 0 Å². The number of Topliss-reactive ketones (excluding diaryl/α,β-unsaturated/α-hetero) is 1. The minimum atomic E-state index is -0.838. The summed E-state index contributed by atoms with van der Waals surface area (Å²) in [6.07, 6.45) is 0. The van der Waals surface area contributed by atoms with E-state index in [1.807, 2.05) is 11.4 Å². The third-order valence-corrected chi connectivity index (χ3v) is 8.55. The number of carbonyl (C=O) groups excluding carboxylic acids is 2. The monoisotopic (exact) mass is 539 g/mol. The molecule has 11 heteroatoms. The number of aromatic nitrogens is 2. The van der Waals surface area contributed by atoms with Crippen molar-refractivity contribution in [3.05, 3.63) is 93.4 Å². The van der Waals surface area contributed by atoms with Crippen LogP contribution in [0.2, 0.25) is 0 Å². The molecule has 36 heavy (non-hydrogen) atoms. The second-order valence-corrected chi connectivity index (χ2v) is 10.8. The molecule has 1 aliphatic heterocycles. The van der Waals surface area contributed by atoms with E-state index in [0.29, 0.717) is 26.3 Å². The van der Waals surface area contributed by atoms with Gasteiger partial charge in [-0.15, -0.1) is 21.5 Å². The predicted octanol–water partition coefficient (Wildman–Crippen LogP) is 5.67. The van der Waals surface area contributed by atoms with Crippen molar-refractivity contribution in [1.82, 2.24) is 10.2 Å². The van der Waals surface area contributed by atoms with Crippen LogP contribution in [0.15, 0.2) is 76.0 Å². The third kappa shape index (κ3) is 4.64. The van der Waals surface area contributed by atoms with Crippen molar-refractivity contribution in [3.63, 3.8) is 0 Å². The number of anilines is 1. The van der Waals surface area contributed by atoms with Crippen molar-refractivity contribution in [2.45, 2.75) is 16.1 Å². The van der Waals surface area contributed by atoms with Crippen LogP contribution in [0.25, 0.3) is 5.76 Å². The number of benzene rings is 2. The van der Waals surface area contributed by atoms with Gasteiger partial charge in [-0.1, -0.05) is 41.3 Å². The Morgan fingerprint density at radius 3 is 2.53 bits per heavy atom. The lowest BCUT2D eigenvalue weighted by atomic mass is 10.00. The van der Waals surface area contributed by atoms with Crippen LogP contribution in [0, 0.1) is 5.82 Å². The molecule has 3 heterocycles. The van der Waals surface area contributed by atoms with E-state index in [4.69, 9.17) is 4.74 Å². The fourth-order valence-corrected chi connectivity index (χ4v) is 6.38. The van der Waals surface area contributed by atoms with Crippen LogP contribution >= 0.6 is 34.4 Å². The van der Waals surface area contributed by atoms with E-state index in [1.54, 1.807) is 42.5 Å². The summed E-state index contributed by atoms with van der Waals surface area (Å²) in [5, 5.41) is 21.6. The number of hydrogen-bond acceptors (Lipinski definition) is 9. The van der Waals surface area contributed by atoms with Gasteiger partial charge in [-0.2, -0.15) is 0 Å². The average molecular weight is 540 g/mol. The molecular weight excluding hydrogens is 521 g/mol. The number of amides is 1. The SMILES string of the molecule is COc1ccc(/C(O)=C2/C(=O)C(=O)N(c3nnc(SCc4ccc(F)cc4)s3)C2c2cccs2)cc1. The first-order chi connectivity index (χ1) is 17.5. The highest BCUT2D eigenvalue weighted by molar-refractivity contribution is 8.00. The molecule has 2 aromatic carbocycles. The number of ketones is 1. The van der Waals surface area contributed by atoms with Crippen LogP contribution < -0.4 is 9.64 Å². The summed E-state index contributed by atoms with van der Waals surface area (Å²) < 4.78 is 18.9. The number of thiophene rings is 1. The predicted molar refractivity (Wildman–Crippen MR) is 138 cm³/mol. The zero-order chi connectivity index (χ0) is 25.2. The van der Waals surface area contributed by atoms with Crippen molar-refractivity contribution in [2.24, 2.45) is 0 Å². The molecule has 1 amide bonds. The van der Waals surface area contributed by atoms with Gasteiger partial charge in [0.25, 0.3) is 5.78 Å². The highest BCUT2D eigenvalue weighted by Crippen LogP contribution is 2.45. The van der Waals surface area contributed by atoms with Crippen molar-refractivity contribution in [2.75, 3.05) is 12.0 Å². The van der Waals surface area contributed by atoms with E-state index < -0.39 is 17.7 Å². The van der Waals surface area contributed by atoms with Crippen LogP contribution in [0.5, 0.6) is 5.75 Å². The molecule has 0 aliphatic carbocycles. The summed E-state index contributed by atoms with van der Waals surface area (Å²) in [4.78, 5) is 28.4. The van der Waals surface area contributed by atoms with E-state index in [-0.39, 0.29) is 22.3 Å². The number of ether oxygens (including phenoxy) is 1. The molecule has 4 aromatic rings. The zero-order valence-electron chi connectivity index (χ0n) is 18.8. The molecular formula is C25H18FN3O4S3. The summed E-state index contributed by atoms with van der Waals surface area (Å²) >= 11 is 3.94. The largest absolute Gasteiger partial charge is 0.507 e. The number of rotatable bonds is 7. The first-order valence-electron chi connectivity index (χ1n) is 10.7. The highest BCUT2D eigenvalue weighted by Gasteiger charge is 2.48. The minimum absolute atomic E-state index is 0.0108. The molecule has 0 spiro atoms. The third-order valence-electron chi connectivity index (χ3n) is 5.50. The van der Waals surface area contributed by atoms with E-state index in [0.717, 1.165) is 5.56 Å². The summed E-state index contributed by atoms with van der Waals surface area (Å²) in [7, 11) is 1.53. The smallest absolute Gasteiger partial charge is 0.301 e. The average Bonchev–Trinajstić information content (AvgIpc) is 3.64. The second-order valence-electron chi connectivity index (χ2n) is 7.68. The van der Waals surface area contributed by atoms with Crippen molar-refractivity contribution >= 4 is 57.0 Å². The van der Waals surface area contributed by atoms with Gasteiger partial charge in [-0.3, -0.25) is 14.5 Å². The Balaban J connectivity index is 1.49. The van der Waals surface area contributed by atoms with Crippen molar-refractivity contribution in [3.8, 4) is 5.75 Å². The highest BCUT2D eigenvalue weighted by atomic mass is 32.2. The number of halogens is 1. The van der Waals surface area contributed by atoms with Gasteiger partial charge in [-0.05, 0) is 53.4 Å². The molecule has 0 radical (unpaired) electrons. The summed E-state index contributed by atoms with van der Waals surface area (Å²) in [6, 6.07) is 15.5. The Morgan fingerprint density at radius 2 is 1.86 bits per heavy atom. The number of nitrogens with zero attached hydrogens (tertiary/aromatic N) is 3. The van der Waals surface area contributed by atoms with Gasteiger partial charge in [0.15, 0.2) is 4.34 Å². The Labute approximate surface area is 217 Å². The zero-order valence-corrected chi connectivity index (χ0v) is 21.2. The molecule has 1 saturated heterocycles. The van der Waals surface area contributed by atoms with Gasteiger partial charge in [-0.25, -0.2) is 4.39 Å². The Kier molecular flexibility index (Phi) is 6.86. The maximum Gasteiger partial charge on any atom is 0.301 e. The number of aliphatic hydroxyl groups excluding tert-OH is 1. The maximum atomic E-state index is 13.2. The lowest BCUT2D eigenvalue weighted by molar-refractivity contribution is -0.132. The molecule has 1 unspecified atom stereocenters. The summed E-state index contributed by atoms with van der Waals surface area (Å²) in [5.74, 6) is -1.01. The Bertz CT molecular complexity index is 1430. The van der Waals surface area contributed by atoms with Crippen LogP contribution in [0.4, 0.5) is 9.52 Å². The number of methoxy groups -OCH3 is 1. The van der Waals surface area contributed by atoms with E-state index >= 15 is 0 Å². The van der Waals surface area contributed by atoms with Gasteiger partial charge in [0, 0.05) is 16.2 Å². The Morgan fingerprint density at radius 1 is 1.11 bits per heavy atom. The summed E-state index contributed by atoms with van der Waals surface area (Å²) in [5.41, 5.74) is 1.29. The van der Waals surface area contributed by atoms with Crippen molar-refractivity contribution in [1.29, 1.82) is 0 Å². The first kappa shape index (κ1) is 24.2. The number of thioether (sulfide) groups is 1. The molecule has 1 fully saturated rings. The van der Waals surface area contributed by atoms with Crippen LogP contribution in [0.1, 0.15) is 22.0 Å². The number of carbonyl (C=O) groups is 2. The van der Waals surface area contributed by atoms with Crippen molar-refractivity contribution < 1.29 is 23.8 Å². The minimum Gasteiger partial charge on any atom is -0.507 e. The summed E-state index contributed by atoms with van der Waals surface area (Å²) in [6.45, 7) is 0. The van der Waals surface area contributed by atoms with E-state index in [9.17, 15) is 19.1 Å². The maximum absolute atomic E-state index is 13.2. The lowest BCUT2D eigenvalue weighted by Crippen LogP contribution is -2.29. The van der Waals surface area contributed by atoms with Gasteiger partial charge in [0.1, 0.15) is 23.4 Å². The molecule has 1 N–H and O–H groups in total. The lowest BCUT2D eigenvalue weighted by Gasteiger charge is -2.20. The van der Waals surface area contributed by atoms with Gasteiger partial charge in [0.05, 0.1) is 12.7 Å². The molecule has 0 saturated carbocycles. The molecule has 1 aliphatic rings. The van der Waals surface area contributed by atoms with Gasteiger partial charge in [0.2, 0.25) is 5.13 Å². The first-order valence-corrected chi connectivity index (χ1v) is 13.3. The second kappa shape index (κ2) is 10.2. The number of aliphatic hydroxyl groups is 1. The molecule has 0 bridgehead atoms. The molecule has 2 aromatic heterocycles. The van der Waals surface area contributed by atoms with E-state index in [1.165, 1.54) is 58.6 Å². The molecule has 182 valence electrons. The topological polar surface area (TPSA) is 92.6 Å². The fourth-order valence-electron chi connectivity index (χ4n) is 3.73. The standard InChI is InChI=1S/C25H18FN3O4S3/c1-33-17-10-6-15(7-11-17)21(30)19-20(18-3-2-12-34-18)29(23(32)22(19)31)24-27-28-25(36-24)35-13-14-4-8-16(26)9-5-14/h2-12,20,30H,13H2,1H3/b21-19-. The van der Waals surface area contributed by atoms with Crippen LogP contribution in [-0.2, 0) is 15.3 Å². The molecule has 7 nitrogen and oxygen atoms in total. The number of hydrogen-bond donors (Lipinski definition) is 1. The molecule has 1 atom stereocenters. The molecule has 5 rings (SSSR count). The van der Waals surface area contributed by atoms with Crippen LogP contribution in [-0.4, -0.2) is 34.1 Å². The normalized spacial score (nSPS) is 17.1. The quantitative estimate of drug-likeness (QED) is 0.106. The Hall–Kier alpha value is -3.54.